The predicted molar refractivity (Wildman–Crippen MR) is 64.1 cm³/mol. The summed E-state index contributed by atoms with van der Waals surface area (Å²) in [5.41, 5.74) is 13.0. The highest BCUT2D eigenvalue weighted by molar-refractivity contribution is 5.92. The summed E-state index contributed by atoms with van der Waals surface area (Å²) in [6.45, 7) is 0. The van der Waals surface area contributed by atoms with E-state index in [1.54, 1.807) is 0 Å². The lowest BCUT2D eigenvalue weighted by molar-refractivity contribution is 0.100. The van der Waals surface area contributed by atoms with E-state index < -0.39 is 0 Å². The van der Waals surface area contributed by atoms with Crippen molar-refractivity contribution in [1.29, 1.82) is 0 Å². The highest BCUT2D eigenvalue weighted by Crippen LogP contribution is 2.32. The van der Waals surface area contributed by atoms with Crippen LogP contribution in [0.3, 0.4) is 0 Å². The molecule has 3 heteroatoms. The average Bonchev–Trinajstić information content (AvgIpc) is 2.30. The Kier molecular flexibility index (Phi) is 3.25. The Morgan fingerprint density at radius 2 is 1.62 bits per heavy atom. The molecule has 0 aromatic heterocycles. The molecule has 86 valence electrons. The number of nitrogens with two attached hydrogens (primary N) is 2. The molecule has 0 heterocycles. The molecule has 0 saturated heterocycles. The van der Waals surface area contributed by atoms with E-state index in [1.807, 2.05) is 24.3 Å². The van der Waals surface area contributed by atoms with Crippen molar-refractivity contribution in [2.24, 2.45) is 11.5 Å². The minimum atomic E-state index is -0.364. The first kappa shape index (κ1) is 11.1. The van der Waals surface area contributed by atoms with Crippen molar-refractivity contribution in [2.45, 2.75) is 37.6 Å². The molecule has 1 aromatic carbocycles. The summed E-state index contributed by atoms with van der Waals surface area (Å²) < 4.78 is 0. The van der Waals surface area contributed by atoms with E-state index >= 15 is 0 Å². The maximum Gasteiger partial charge on any atom is 0.248 e. The van der Waals surface area contributed by atoms with Crippen LogP contribution in [0.25, 0.3) is 0 Å². The fraction of sp³-hybridized carbons (Fsp3) is 0.462. The molecule has 1 aliphatic rings. The van der Waals surface area contributed by atoms with Crippen molar-refractivity contribution < 1.29 is 4.79 Å². The summed E-state index contributed by atoms with van der Waals surface area (Å²) in [7, 11) is 0. The number of benzene rings is 1. The first-order valence-corrected chi connectivity index (χ1v) is 5.82. The van der Waals surface area contributed by atoms with Crippen molar-refractivity contribution in [3.05, 3.63) is 35.4 Å². The van der Waals surface area contributed by atoms with Gasteiger partial charge in [-0.2, -0.15) is 0 Å². The molecule has 0 radical (unpaired) electrons. The Hall–Kier alpha value is -1.35. The zero-order valence-electron chi connectivity index (χ0n) is 9.36. The van der Waals surface area contributed by atoms with Gasteiger partial charge in [0, 0.05) is 11.6 Å². The third kappa shape index (κ3) is 2.42. The van der Waals surface area contributed by atoms with Crippen molar-refractivity contribution in [3.63, 3.8) is 0 Å². The van der Waals surface area contributed by atoms with Gasteiger partial charge in [-0.3, -0.25) is 4.79 Å². The molecule has 1 fully saturated rings. The van der Waals surface area contributed by atoms with E-state index in [0.29, 0.717) is 17.5 Å². The molecule has 16 heavy (non-hydrogen) atoms. The summed E-state index contributed by atoms with van der Waals surface area (Å²) >= 11 is 0. The van der Waals surface area contributed by atoms with Crippen molar-refractivity contribution in [3.8, 4) is 0 Å². The first-order valence-electron chi connectivity index (χ1n) is 5.82. The van der Waals surface area contributed by atoms with Crippen LogP contribution in [0, 0.1) is 0 Å². The third-order valence-electron chi connectivity index (χ3n) is 3.44. The maximum atomic E-state index is 10.9. The number of hydrogen-bond donors (Lipinski definition) is 2. The van der Waals surface area contributed by atoms with Crippen LogP contribution in [0.1, 0.15) is 47.5 Å². The largest absolute Gasteiger partial charge is 0.366 e. The van der Waals surface area contributed by atoms with E-state index in [9.17, 15) is 4.79 Å². The second-order valence-electron chi connectivity index (χ2n) is 4.60. The number of primary amides is 1. The summed E-state index contributed by atoms with van der Waals surface area (Å²) in [6.07, 6.45) is 4.50. The van der Waals surface area contributed by atoms with E-state index in [0.717, 1.165) is 25.7 Å². The average molecular weight is 218 g/mol. The topological polar surface area (TPSA) is 69.1 Å². The molecule has 3 nitrogen and oxygen atoms in total. The Morgan fingerprint density at radius 3 is 2.12 bits per heavy atom. The van der Waals surface area contributed by atoms with Crippen LogP contribution in [0.5, 0.6) is 0 Å². The molecule has 0 spiro atoms. The molecule has 0 unspecified atom stereocenters. The minimum absolute atomic E-state index is 0.364. The molecule has 1 aromatic rings. The van der Waals surface area contributed by atoms with E-state index in [1.165, 1.54) is 5.56 Å². The molecule has 4 N–H and O–H groups in total. The monoisotopic (exact) mass is 218 g/mol. The van der Waals surface area contributed by atoms with Gasteiger partial charge in [-0.1, -0.05) is 12.1 Å². The van der Waals surface area contributed by atoms with Gasteiger partial charge < -0.3 is 11.5 Å². The predicted octanol–water partition coefficient (Wildman–Crippen LogP) is 1.77. The van der Waals surface area contributed by atoms with Crippen LogP contribution in [0.2, 0.25) is 0 Å². The van der Waals surface area contributed by atoms with Gasteiger partial charge in [0.15, 0.2) is 0 Å². The van der Waals surface area contributed by atoms with E-state index in [-0.39, 0.29) is 5.91 Å². The molecular formula is C13H18N2O. The highest BCUT2D eigenvalue weighted by atomic mass is 16.1. The number of amides is 1. The Morgan fingerprint density at radius 1 is 1.06 bits per heavy atom. The van der Waals surface area contributed by atoms with Crippen molar-refractivity contribution in [1.82, 2.24) is 0 Å². The van der Waals surface area contributed by atoms with Gasteiger partial charge >= 0.3 is 0 Å². The molecule has 0 atom stereocenters. The lowest BCUT2D eigenvalue weighted by Crippen LogP contribution is -2.25. The first-order chi connectivity index (χ1) is 7.66. The summed E-state index contributed by atoms with van der Waals surface area (Å²) in [4.78, 5) is 10.9. The fourth-order valence-corrected chi connectivity index (χ4v) is 2.37. The molecule has 1 aliphatic carbocycles. The SMILES string of the molecule is NC(=O)c1ccc(C2CCC(N)CC2)cc1. The third-order valence-corrected chi connectivity index (χ3v) is 3.44. The van der Waals surface area contributed by atoms with Crippen LogP contribution >= 0.6 is 0 Å². The fourth-order valence-electron chi connectivity index (χ4n) is 2.37. The normalized spacial score (nSPS) is 25.3. The van der Waals surface area contributed by atoms with Crippen LogP contribution in [0.15, 0.2) is 24.3 Å². The van der Waals surface area contributed by atoms with Gasteiger partial charge in [-0.05, 0) is 49.3 Å². The van der Waals surface area contributed by atoms with Crippen molar-refractivity contribution in [2.75, 3.05) is 0 Å². The summed E-state index contributed by atoms with van der Waals surface area (Å²) in [5, 5.41) is 0. The molecular weight excluding hydrogens is 200 g/mol. The van der Waals surface area contributed by atoms with Crippen LogP contribution < -0.4 is 11.5 Å². The number of hydrogen-bond acceptors (Lipinski definition) is 2. The van der Waals surface area contributed by atoms with Gasteiger partial charge in [0.2, 0.25) is 5.91 Å². The van der Waals surface area contributed by atoms with Gasteiger partial charge in [-0.25, -0.2) is 0 Å². The van der Waals surface area contributed by atoms with Crippen LogP contribution in [0.4, 0.5) is 0 Å². The van der Waals surface area contributed by atoms with Crippen LogP contribution in [-0.4, -0.2) is 11.9 Å². The number of carbonyl (C=O) groups is 1. The Balaban J connectivity index is 2.07. The lowest BCUT2D eigenvalue weighted by atomic mass is 9.82. The zero-order valence-corrected chi connectivity index (χ0v) is 9.36. The number of rotatable bonds is 2. The molecule has 1 saturated carbocycles. The lowest BCUT2D eigenvalue weighted by Gasteiger charge is -2.26. The number of carbonyl (C=O) groups excluding carboxylic acids is 1. The summed E-state index contributed by atoms with van der Waals surface area (Å²) in [5.74, 6) is 0.235. The van der Waals surface area contributed by atoms with E-state index in [2.05, 4.69) is 0 Å². The Labute approximate surface area is 95.8 Å². The zero-order chi connectivity index (χ0) is 11.5. The van der Waals surface area contributed by atoms with Gasteiger partial charge in [0.25, 0.3) is 0 Å². The van der Waals surface area contributed by atoms with Crippen molar-refractivity contribution >= 4 is 5.91 Å². The minimum Gasteiger partial charge on any atom is -0.366 e. The molecule has 0 aliphatic heterocycles. The maximum absolute atomic E-state index is 10.9. The standard InChI is InChI=1S/C13H18N2O/c14-12-7-5-10(6-8-12)9-1-3-11(4-2-9)13(15)16/h1-4,10,12H,5-8,14H2,(H2,15,16). The Bertz CT molecular complexity index is 364. The quantitative estimate of drug-likeness (QED) is 0.794. The van der Waals surface area contributed by atoms with Gasteiger partial charge in [0.05, 0.1) is 0 Å². The molecule has 1 amide bonds. The summed E-state index contributed by atoms with van der Waals surface area (Å²) in [6, 6.07) is 8.03. The second-order valence-corrected chi connectivity index (χ2v) is 4.60. The van der Waals surface area contributed by atoms with E-state index in [4.69, 9.17) is 11.5 Å². The van der Waals surface area contributed by atoms with Gasteiger partial charge in [-0.15, -0.1) is 0 Å². The van der Waals surface area contributed by atoms with Crippen LogP contribution in [-0.2, 0) is 0 Å². The molecule has 0 bridgehead atoms. The molecule has 2 rings (SSSR count). The van der Waals surface area contributed by atoms with Gasteiger partial charge in [0.1, 0.15) is 0 Å². The second kappa shape index (κ2) is 4.66. The smallest absolute Gasteiger partial charge is 0.248 e. The highest BCUT2D eigenvalue weighted by Gasteiger charge is 2.19.